The molecular formula is C25H24N6OS. The van der Waals surface area contributed by atoms with Crippen molar-refractivity contribution in [3.8, 4) is 11.4 Å². The first kappa shape index (κ1) is 21.1. The number of thiophene rings is 1. The van der Waals surface area contributed by atoms with E-state index in [1.165, 1.54) is 16.9 Å². The normalized spacial score (nSPS) is 13.6. The molecule has 0 bridgehead atoms. The van der Waals surface area contributed by atoms with Crippen LogP contribution in [0, 0.1) is 13.8 Å². The van der Waals surface area contributed by atoms with Gasteiger partial charge in [-0.25, -0.2) is 15.0 Å². The fourth-order valence-corrected chi connectivity index (χ4v) is 4.75. The van der Waals surface area contributed by atoms with E-state index in [9.17, 15) is 4.79 Å². The van der Waals surface area contributed by atoms with Gasteiger partial charge < -0.3 is 11.1 Å². The van der Waals surface area contributed by atoms with Crippen LogP contribution < -0.4 is 11.1 Å². The maximum Gasteiger partial charge on any atom is 0.261 e. The molecule has 1 aliphatic carbocycles. The van der Waals surface area contributed by atoms with Gasteiger partial charge in [-0.2, -0.15) is 0 Å². The molecule has 0 fully saturated rings. The molecule has 1 aliphatic rings. The maximum atomic E-state index is 12.4. The number of pyridine rings is 2. The third-order valence-electron chi connectivity index (χ3n) is 5.65. The molecule has 3 N–H and O–H groups in total. The molecule has 7 nitrogen and oxygen atoms in total. The number of nitrogens with zero attached hydrogens (tertiary/aromatic N) is 4. The highest BCUT2D eigenvalue weighted by Crippen LogP contribution is 2.33. The van der Waals surface area contributed by atoms with Crippen molar-refractivity contribution in [1.29, 1.82) is 0 Å². The fraction of sp³-hybridized carbons (Fsp3) is 0.200. The number of nitrogens with one attached hydrogen (secondary N) is 1. The molecule has 0 aromatic carbocycles. The summed E-state index contributed by atoms with van der Waals surface area (Å²) >= 11 is 1.51. The highest BCUT2D eigenvalue weighted by molar-refractivity contribution is 7.13. The minimum atomic E-state index is -0.0294. The number of hydrogen-bond acceptors (Lipinski definition) is 6. The number of aromatic nitrogens is 4. The van der Waals surface area contributed by atoms with Crippen molar-refractivity contribution < 1.29 is 4.79 Å². The third-order valence-corrected chi connectivity index (χ3v) is 6.65. The Morgan fingerprint density at radius 2 is 2.06 bits per heavy atom. The molecule has 33 heavy (non-hydrogen) atoms. The summed E-state index contributed by atoms with van der Waals surface area (Å²) in [6, 6.07) is 9.65. The van der Waals surface area contributed by atoms with Crippen molar-refractivity contribution in [1.82, 2.24) is 24.8 Å². The van der Waals surface area contributed by atoms with Gasteiger partial charge in [-0.15, -0.1) is 11.3 Å². The van der Waals surface area contributed by atoms with E-state index in [2.05, 4.69) is 32.0 Å². The molecule has 8 heteroatoms. The van der Waals surface area contributed by atoms with Gasteiger partial charge in [0.15, 0.2) is 5.65 Å². The summed E-state index contributed by atoms with van der Waals surface area (Å²) < 4.78 is 2.07. The van der Waals surface area contributed by atoms with Crippen LogP contribution in [0.4, 0.5) is 5.82 Å². The molecule has 4 heterocycles. The molecule has 5 rings (SSSR count). The number of allylic oxidation sites excluding steroid dienone is 3. The molecule has 0 saturated carbocycles. The van der Waals surface area contributed by atoms with Crippen LogP contribution in [-0.2, 0) is 0 Å². The lowest BCUT2D eigenvalue weighted by Gasteiger charge is -2.18. The second-order valence-corrected chi connectivity index (χ2v) is 9.43. The minimum Gasteiger partial charge on any atom is -0.383 e. The van der Waals surface area contributed by atoms with Crippen LogP contribution in [0.2, 0.25) is 0 Å². The van der Waals surface area contributed by atoms with E-state index in [1.54, 1.807) is 6.20 Å². The number of anilines is 1. The summed E-state index contributed by atoms with van der Waals surface area (Å²) in [5, 5.41) is 3.03. The first-order valence-electron chi connectivity index (χ1n) is 10.8. The molecule has 0 radical (unpaired) electrons. The number of rotatable bonds is 5. The highest BCUT2D eigenvalue weighted by Gasteiger charge is 2.20. The Hall–Kier alpha value is -3.78. The van der Waals surface area contributed by atoms with Gasteiger partial charge in [0, 0.05) is 29.5 Å². The van der Waals surface area contributed by atoms with Crippen molar-refractivity contribution in [2.45, 2.75) is 26.7 Å². The first-order chi connectivity index (χ1) is 16.0. The highest BCUT2D eigenvalue weighted by atomic mass is 32.1. The van der Waals surface area contributed by atoms with Gasteiger partial charge in [-0.05, 0) is 68.7 Å². The van der Waals surface area contributed by atoms with Crippen LogP contribution in [0.25, 0.3) is 28.2 Å². The van der Waals surface area contributed by atoms with E-state index in [0.717, 1.165) is 56.4 Å². The number of imidazole rings is 1. The summed E-state index contributed by atoms with van der Waals surface area (Å²) in [4.78, 5) is 28.0. The first-order valence-corrected chi connectivity index (χ1v) is 11.6. The van der Waals surface area contributed by atoms with Crippen LogP contribution in [0.3, 0.4) is 0 Å². The zero-order chi connectivity index (χ0) is 22.9. The van der Waals surface area contributed by atoms with Crippen LogP contribution >= 0.6 is 11.3 Å². The van der Waals surface area contributed by atoms with Crippen LogP contribution in [-0.4, -0.2) is 32.0 Å². The van der Waals surface area contributed by atoms with Gasteiger partial charge in [0.1, 0.15) is 17.2 Å². The summed E-state index contributed by atoms with van der Waals surface area (Å²) in [7, 11) is 0. The third kappa shape index (κ3) is 4.17. The van der Waals surface area contributed by atoms with E-state index in [4.69, 9.17) is 10.7 Å². The van der Waals surface area contributed by atoms with Crippen LogP contribution in [0.15, 0.2) is 60.5 Å². The number of fused-ring (bicyclic) bond motifs is 1. The molecule has 0 aliphatic heterocycles. The van der Waals surface area contributed by atoms with E-state index >= 15 is 0 Å². The van der Waals surface area contributed by atoms with Gasteiger partial charge in [-0.1, -0.05) is 11.6 Å². The largest absolute Gasteiger partial charge is 0.383 e. The van der Waals surface area contributed by atoms with Gasteiger partial charge in [0.05, 0.1) is 10.4 Å². The number of nitrogen functional groups attached to an aromatic ring is 1. The zero-order valence-electron chi connectivity index (χ0n) is 18.5. The molecule has 4 aromatic rings. The maximum absolute atomic E-state index is 12.4. The Balaban J connectivity index is 1.46. The van der Waals surface area contributed by atoms with E-state index in [1.807, 2.05) is 50.4 Å². The number of carbonyl (C=O) groups is 1. The lowest BCUT2D eigenvalue weighted by atomic mass is 10.0. The molecule has 4 aromatic heterocycles. The van der Waals surface area contributed by atoms with Gasteiger partial charge in [0.2, 0.25) is 0 Å². The predicted molar refractivity (Wildman–Crippen MR) is 133 cm³/mol. The Kier molecular flexibility index (Phi) is 5.51. The SMILES string of the molecule is Cc1cnc2c(c1)nc(-c1cccnc1N)n2C1=CC=C(CNC(=O)c2ccc(C)s2)CC1. The number of aryl methyl sites for hydroxylation is 2. The van der Waals surface area contributed by atoms with E-state index < -0.39 is 0 Å². The summed E-state index contributed by atoms with van der Waals surface area (Å²) in [6.45, 7) is 4.54. The number of hydrogen-bond donors (Lipinski definition) is 2. The van der Waals surface area contributed by atoms with Crippen molar-refractivity contribution in [3.05, 3.63) is 75.8 Å². The lowest BCUT2D eigenvalue weighted by molar-refractivity contribution is 0.0961. The monoisotopic (exact) mass is 456 g/mol. The fourth-order valence-electron chi connectivity index (χ4n) is 3.97. The van der Waals surface area contributed by atoms with Crippen LogP contribution in [0.5, 0.6) is 0 Å². The Labute approximate surface area is 195 Å². The van der Waals surface area contributed by atoms with Crippen molar-refractivity contribution in [3.63, 3.8) is 0 Å². The average Bonchev–Trinajstić information content (AvgIpc) is 3.41. The van der Waals surface area contributed by atoms with Gasteiger partial charge in [0.25, 0.3) is 5.91 Å². The summed E-state index contributed by atoms with van der Waals surface area (Å²) in [5.41, 5.74) is 11.9. The topological polar surface area (TPSA) is 98.7 Å². The average molecular weight is 457 g/mol. The lowest BCUT2D eigenvalue weighted by Crippen LogP contribution is -2.25. The molecular weight excluding hydrogens is 432 g/mol. The van der Waals surface area contributed by atoms with Crippen molar-refractivity contribution in [2.24, 2.45) is 0 Å². The summed E-state index contributed by atoms with van der Waals surface area (Å²) in [5.74, 6) is 1.14. The minimum absolute atomic E-state index is 0.0294. The molecule has 0 unspecified atom stereocenters. The van der Waals surface area contributed by atoms with Crippen molar-refractivity contribution >= 4 is 39.9 Å². The zero-order valence-corrected chi connectivity index (χ0v) is 19.3. The van der Waals surface area contributed by atoms with Crippen LogP contribution in [0.1, 0.15) is 33.0 Å². The van der Waals surface area contributed by atoms with E-state index in [-0.39, 0.29) is 5.91 Å². The number of nitrogens with two attached hydrogens (primary N) is 1. The standard InChI is InChI=1S/C25H24N6OS/c1-15-12-20-24(28-13-15)31(23(30-20)19-4-3-11-27-22(19)26)18-8-6-17(7-9-18)14-29-25(32)21-10-5-16(2)33-21/h3-6,8,10-13H,7,9,14H2,1-2H3,(H2,26,27)(H,29,32). The predicted octanol–water partition coefficient (Wildman–Crippen LogP) is 4.74. The second kappa shape index (κ2) is 8.63. The molecule has 166 valence electrons. The second-order valence-electron chi connectivity index (χ2n) is 8.14. The van der Waals surface area contributed by atoms with E-state index in [0.29, 0.717) is 12.4 Å². The molecule has 0 saturated heterocycles. The Bertz CT molecular complexity index is 1430. The number of carbonyl (C=O) groups excluding carboxylic acids is 1. The Morgan fingerprint density at radius 1 is 1.18 bits per heavy atom. The molecule has 0 spiro atoms. The molecule has 0 atom stereocenters. The van der Waals surface area contributed by atoms with Crippen molar-refractivity contribution in [2.75, 3.05) is 12.3 Å². The van der Waals surface area contributed by atoms with Gasteiger partial charge >= 0.3 is 0 Å². The summed E-state index contributed by atoms with van der Waals surface area (Å²) in [6.07, 6.45) is 9.32. The number of amides is 1. The molecule has 1 amide bonds. The van der Waals surface area contributed by atoms with Gasteiger partial charge in [-0.3, -0.25) is 9.36 Å². The smallest absolute Gasteiger partial charge is 0.261 e. The quantitative estimate of drug-likeness (QED) is 0.452. The Morgan fingerprint density at radius 3 is 2.79 bits per heavy atom.